The summed E-state index contributed by atoms with van der Waals surface area (Å²) in [6, 6.07) is 11.5. The van der Waals surface area contributed by atoms with Gasteiger partial charge in [-0.3, -0.25) is 4.79 Å². The Morgan fingerprint density at radius 3 is 2.55 bits per heavy atom. The second-order valence-electron chi connectivity index (χ2n) is 4.32. The topological polar surface area (TPSA) is 66.4 Å². The van der Waals surface area contributed by atoms with Gasteiger partial charge in [0.15, 0.2) is 0 Å². The van der Waals surface area contributed by atoms with Crippen molar-refractivity contribution >= 4 is 29.2 Å². The second kappa shape index (κ2) is 5.75. The molecule has 0 aliphatic rings. The van der Waals surface area contributed by atoms with Crippen LogP contribution in [0.15, 0.2) is 42.5 Å². The lowest BCUT2D eigenvalue weighted by molar-refractivity contribution is 0.0696. The summed E-state index contributed by atoms with van der Waals surface area (Å²) in [6.45, 7) is 1.89. The number of carbonyl (C=O) groups is 2. The van der Waals surface area contributed by atoms with Gasteiger partial charge in [0, 0.05) is 11.3 Å². The van der Waals surface area contributed by atoms with Crippen LogP contribution in [0.25, 0.3) is 0 Å². The Hall–Kier alpha value is -2.33. The average Bonchev–Trinajstić information content (AvgIpc) is 2.40. The number of halogens is 1. The molecule has 2 N–H and O–H groups in total. The lowest BCUT2D eigenvalue weighted by Crippen LogP contribution is -2.12. The summed E-state index contributed by atoms with van der Waals surface area (Å²) in [5.41, 5.74) is 1.82. The molecule has 2 rings (SSSR count). The number of benzene rings is 2. The molecule has 0 radical (unpaired) electrons. The van der Waals surface area contributed by atoms with Crippen molar-refractivity contribution < 1.29 is 14.7 Å². The number of rotatable bonds is 3. The van der Waals surface area contributed by atoms with Gasteiger partial charge in [0.2, 0.25) is 0 Å². The van der Waals surface area contributed by atoms with Crippen molar-refractivity contribution in [3.05, 3.63) is 64.2 Å². The Morgan fingerprint density at radius 1 is 1.15 bits per heavy atom. The van der Waals surface area contributed by atoms with Crippen LogP contribution in [0.3, 0.4) is 0 Å². The van der Waals surface area contributed by atoms with Crippen LogP contribution in [0, 0.1) is 6.92 Å². The Kier molecular flexibility index (Phi) is 4.05. The lowest BCUT2D eigenvalue weighted by atomic mass is 10.1. The molecular weight excluding hydrogens is 278 g/mol. The number of carboxylic acid groups (broad SMARTS) is 1. The van der Waals surface area contributed by atoms with Crippen LogP contribution in [0.5, 0.6) is 0 Å². The quantitative estimate of drug-likeness (QED) is 0.907. The maximum absolute atomic E-state index is 12.0. The largest absolute Gasteiger partial charge is 0.478 e. The molecule has 0 saturated heterocycles. The van der Waals surface area contributed by atoms with Gasteiger partial charge in [-0.05, 0) is 37.3 Å². The summed E-state index contributed by atoms with van der Waals surface area (Å²) in [6.07, 6.45) is 0. The van der Waals surface area contributed by atoms with Crippen LogP contribution in [-0.4, -0.2) is 17.0 Å². The van der Waals surface area contributed by atoms with Crippen LogP contribution >= 0.6 is 11.6 Å². The zero-order chi connectivity index (χ0) is 14.7. The van der Waals surface area contributed by atoms with Crippen LogP contribution in [0.1, 0.15) is 26.3 Å². The number of aromatic carboxylic acids is 1. The highest BCUT2D eigenvalue weighted by atomic mass is 35.5. The maximum Gasteiger partial charge on any atom is 0.337 e. The van der Waals surface area contributed by atoms with E-state index in [1.54, 1.807) is 24.3 Å². The average molecular weight is 290 g/mol. The summed E-state index contributed by atoms with van der Waals surface area (Å²) in [5, 5.41) is 11.8. The van der Waals surface area contributed by atoms with Crippen molar-refractivity contribution in [2.45, 2.75) is 6.92 Å². The number of nitrogens with one attached hydrogen (secondary N) is 1. The van der Waals surface area contributed by atoms with E-state index in [4.69, 9.17) is 16.7 Å². The fraction of sp³-hybridized carbons (Fsp3) is 0.0667. The van der Waals surface area contributed by atoms with Crippen LogP contribution < -0.4 is 5.32 Å². The third kappa shape index (κ3) is 3.16. The molecule has 2 aromatic rings. The summed E-state index contributed by atoms with van der Waals surface area (Å²) >= 11 is 5.77. The van der Waals surface area contributed by atoms with Crippen molar-refractivity contribution in [1.29, 1.82) is 0 Å². The molecule has 0 heterocycles. The monoisotopic (exact) mass is 289 g/mol. The summed E-state index contributed by atoms with van der Waals surface area (Å²) in [5.74, 6) is -1.44. The normalized spacial score (nSPS) is 10.1. The lowest BCUT2D eigenvalue weighted by Gasteiger charge is -2.07. The fourth-order valence-electron chi connectivity index (χ4n) is 1.76. The Bertz CT molecular complexity index is 683. The molecule has 0 atom stereocenters. The zero-order valence-electron chi connectivity index (χ0n) is 10.7. The minimum absolute atomic E-state index is 0.0475. The number of carboxylic acids is 1. The molecule has 0 unspecified atom stereocenters. The molecule has 0 saturated carbocycles. The highest BCUT2D eigenvalue weighted by Gasteiger charge is 2.11. The van der Waals surface area contributed by atoms with E-state index >= 15 is 0 Å². The molecule has 0 aliphatic heterocycles. The number of hydrogen-bond acceptors (Lipinski definition) is 2. The van der Waals surface area contributed by atoms with E-state index in [9.17, 15) is 9.59 Å². The third-order valence-electron chi connectivity index (χ3n) is 2.73. The van der Waals surface area contributed by atoms with Gasteiger partial charge >= 0.3 is 5.97 Å². The first-order valence-electron chi connectivity index (χ1n) is 5.88. The Balaban J connectivity index is 2.24. The Morgan fingerprint density at radius 2 is 1.90 bits per heavy atom. The second-order valence-corrected chi connectivity index (χ2v) is 4.73. The molecule has 0 bridgehead atoms. The smallest absolute Gasteiger partial charge is 0.337 e. The van der Waals surface area contributed by atoms with E-state index in [2.05, 4.69) is 5.32 Å². The van der Waals surface area contributed by atoms with E-state index < -0.39 is 5.97 Å². The highest BCUT2D eigenvalue weighted by Crippen LogP contribution is 2.21. The molecule has 2 aromatic carbocycles. The van der Waals surface area contributed by atoms with Gasteiger partial charge in [0.25, 0.3) is 5.91 Å². The van der Waals surface area contributed by atoms with E-state index in [0.29, 0.717) is 11.3 Å². The summed E-state index contributed by atoms with van der Waals surface area (Å²) in [7, 11) is 0. The van der Waals surface area contributed by atoms with Gasteiger partial charge in [-0.15, -0.1) is 0 Å². The SMILES string of the molecule is Cc1cccc(C(=O)Nc2ccc(Cl)c(C(=O)O)c2)c1. The molecular formula is C15H12ClNO3. The number of carbonyl (C=O) groups excluding carboxylic acids is 1. The number of amides is 1. The van der Waals surface area contributed by atoms with Crippen molar-refractivity contribution in [2.75, 3.05) is 5.32 Å². The van der Waals surface area contributed by atoms with Gasteiger partial charge in [0.05, 0.1) is 10.6 Å². The number of hydrogen-bond donors (Lipinski definition) is 2. The van der Waals surface area contributed by atoms with Gasteiger partial charge in [-0.1, -0.05) is 29.3 Å². The van der Waals surface area contributed by atoms with Crippen molar-refractivity contribution in [3.8, 4) is 0 Å². The molecule has 0 aliphatic carbocycles. The molecule has 5 heteroatoms. The van der Waals surface area contributed by atoms with Crippen molar-refractivity contribution in [2.24, 2.45) is 0 Å². The molecule has 20 heavy (non-hydrogen) atoms. The number of aryl methyl sites for hydroxylation is 1. The van der Waals surface area contributed by atoms with Crippen molar-refractivity contribution in [1.82, 2.24) is 0 Å². The molecule has 0 aromatic heterocycles. The molecule has 4 nitrogen and oxygen atoms in total. The predicted molar refractivity (Wildman–Crippen MR) is 77.5 cm³/mol. The van der Waals surface area contributed by atoms with Gasteiger partial charge in [-0.2, -0.15) is 0 Å². The van der Waals surface area contributed by atoms with Crippen molar-refractivity contribution in [3.63, 3.8) is 0 Å². The molecule has 1 amide bonds. The van der Waals surface area contributed by atoms with Gasteiger partial charge in [0.1, 0.15) is 0 Å². The summed E-state index contributed by atoms with van der Waals surface area (Å²) < 4.78 is 0. The van der Waals surface area contributed by atoms with Crippen LogP contribution in [0.4, 0.5) is 5.69 Å². The third-order valence-corrected chi connectivity index (χ3v) is 3.06. The first-order valence-corrected chi connectivity index (χ1v) is 6.26. The minimum atomic E-state index is -1.14. The standard InChI is InChI=1S/C15H12ClNO3/c1-9-3-2-4-10(7-9)14(18)17-11-5-6-13(16)12(8-11)15(19)20/h2-8H,1H3,(H,17,18)(H,19,20). The molecule has 0 fully saturated rings. The van der Waals surface area contributed by atoms with Gasteiger partial charge < -0.3 is 10.4 Å². The fourth-order valence-corrected chi connectivity index (χ4v) is 1.95. The minimum Gasteiger partial charge on any atom is -0.478 e. The predicted octanol–water partition coefficient (Wildman–Crippen LogP) is 3.60. The first kappa shape index (κ1) is 14.1. The Labute approximate surface area is 121 Å². The molecule has 102 valence electrons. The number of anilines is 1. The van der Waals surface area contributed by atoms with Crippen LogP contribution in [0.2, 0.25) is 5.02 Å². The zero-order valence-corrected chi connectivity index (χ0v) is 11.4. The molecule has 0 spiro atoms. The highest BCUT2D eigenvalue weighted by molar-refractivity contribution is 6.33. The van der Waals surface area contributed by atoms with E-state index in [1.807, 2.05) is 13.0 Å². The maximum atomic E-state index is 12.0. The van der Waals surface area contributed by atoms with Gasteiger partial charge in [-0.25, -0.2) is 4.79 Å². The van der Waals surface area contributed by atoms with E-state index in [-0.39, 0.29) is 16.5 Å². The van der Waals surface area contributed by atoms with E-state index in [0.717, 1.165) is 5.56 Å². The van der Waals surface area contributed by atoms with E-state index in [1.165, 1.54) is 12.1 Å². The first-order chi connectivity index (χ1) is 9.47. The summed E-state index contributed by atoms with van der Waals surface area (Å²) in [4.78, 5) is 23.0. The van der Waals surface area contributed by atoms with Crippen LogP contribution in [-0.2, 0) is 0 Å².